The van der Waals surface area contributed by atoms with Crippen LogP contribution in [0, 0.1) is 17.2 Å². The van der Waals surface area contributed by atoms with Crippen molar-refractivity contribution in [2.24, 2.45) is 5.92 Å². The monoisotopic (exact) mass is 463 g/mol. The molecule has 1 amide bonds. The lowest BCUT2D eigenvalue weighted by molar-refractivity contribution is -0.139. The Labute approximate surface area is 198 Å². The van der Waals surface area contributed by atoms with Gasteiger partial charge in [0.15, 0.2) is 6.04 Å². The van der Waals surface area contributed by atoms with Crippen LogP contribution in [0.25, 0.3) is 5.69 Å². The van der Waals surface area contributed by atoms with Crippen molar-refractivity contribution in [1.29, 1.82) is 5.26 Å². The van der Waals surface area contributed by atoms with Crippen LogP contribution in [-0.4, -0.2) is 51.0 Å². The first-order chi connectivity index (χ1) is 16.1. The van der Waals surface area contributed by atoms with Crippen LogP contribution >= 0.6 is 0 Å². The number of ether oxygens (including phenoxy) is 2. The molecule has 0 aromatic carbocycles. The number of pyridine rings is 1. The van der Waals surface area contributed by atoms with Crippen LogP contribution < -0.4 is 0 Å². The lowest BCUT2D eigenvalue weighted by atomic mass is 9.43. The van der Waals surface area contributed by atoms with Gasteiger partial charge in [-0.05, 0) is 58.1 Å². The van der Waals surface area contributed by atoms with Crippen LogP contribution in [0.15, 0.2) is 18.3 Å². The van der Waals surface area contributed by atoms with E-state index in [0.717, 1.165) is 23.0 Å². The van der Waals surface area contributed by atoms with Gasteiger partial charge in [-0.2, -0.15) is 10.4 Å². The molecule has 6 rings (SSSR count). The van der Waals surface area contributed by atoms with Crippen molar-refractivity contribution in [3.63, 3.8) is 0 Å². The average molecular weight is 464 g/mol. The van der Waals surface area contributed by atoms with E-state index >= 15 is 0 Å². The number of rotatable bonds is 4. The third kappa shape index (κ3) is 3.61. The molecule has 3 fully saturated rings. The minimum absolute atomic E-state index is 0.0951. The number of carbonyl (C=O) groups excluding carboxylic acids is 2. The molecule has 1 unspecified atom stereocenters. The van der Waals surface area contributed by atoms with Crippen molar-refractivity contribution in [1.82, 2.24) is 19.7 Å². The first-order valence-electron chi connectivity index (χ1n) is 11.7. The Kier molecular flexibility index (Phi) is 5.15. The molecule has 4 aliphatic rings. The van der Waals surface area contributed by atoms with Crippen molar-refractivity contribution in [3.8, 4) is 11.8 Å². The molecular formula is C25H29N5O4. The fourth-order valence-corrected chi connectivity index (χ4v) is 5.40. The second kappa shape index (κ2) is 7.83. The van der Waals surface area contributed by atoms with Crippen LogP contribution in [0.4, 0.5) is 4.79 Å². The number of fused-ring (bicyclic) bond motifs is 1. The molecule has 1 aliphatic heterocycles. The summed E-state index contributed by atoms with van der Waals surface area (Å²) < 4.78 is 12.1. The second-order valence-corrected chi connectivity index (χ2v) is 10.6. The van der Waals surface area contributed by atoms with Crippen molar-refractivity contribution in [2.45, 2.75) is 69.9 Å². The molecule has 2 aromatic rings. The zero-order chi connectivity index (χ0) is 24.3. The Bertz CT molecular complexity index is 1170. The van der Waals surface area contributed by atoms with Gasteiger partial charge < -0.3 is 9.47 Å². The molecule has 2 bridgehead atoms. The number of methoxy groups -OCH3 is 1. The highest BCUT2D eigenvalue weighted by Gasteiger charge is 2.58. The summed E-state index contributed by atoms with van der Waals surface area (Å²) in [4.78, 5) is 31.1. The van der Waals surface area contributed by atoms with Gasteiger partial charge in [-0.25, -0.2) is 9.48 Å². The Morgan fingerprint density at radius 3 is 2.53 bits per heavy atom. The van der Waals surface area contributed by atoms with Crippen LogP contribution in [0.5, 0.6) is 0 Å². The SMILES string of the molecule is COC(=O)Cc1nn(-c2ccc(C34CC(C3)C4)nc2)c2c1C(C#N)N(C(=O)OC(C)(C)C)CC2. The van der Waals surface area contributed by atoms with E-state index in [1.165, 1.54) is 31.3 Å². The highest BCUT2D eigenvalue weighted by molar-refractivity contribution is 5.74. The van der Waals surface area contributed by atoms with Gasteiger partial charge in [-0.3, -0.25) is 14.7 Å². The molecule has 9 nitrogen and oxygen atoms in total. The van der Waals surface area contributed by atoms with E-state index < -0.39 is 23.7 Å². The lowest BCUT2D eigenvalue weighted by Gasteiger charge is -2.61. The number of carbonyl (C=O) groups is 2. The maximum absolute atomic E-state index is 12.9. The van der Waals surface area contributed by atoms with Crippen molar-refractivity contribution < 1.29 is 19.1 Å². The van der Waals surface area contributed by atoms with E-state index in [4.69, 9.17) is 19.6 Å². The molecular weight excluding hydrogens is 434 g/mol. The average Bonchev–Trinajstić information content (AvgIpc) is 3.08. The number of esters is 1. The van der Waals surface area contributed by atoms with Gasteiger partial charge in [0.1, 0.15) is 5.60 Å². The standard InChI is InChI=1S/C25H29N5O4/c1-24(2,3)34-23(32)29-8-7-18-22(19(29)13-26)17(9-21(31)33-4)28-30(18)16-5-6-20(27-14-16)25-10-15(11-25)12-25/h5-6,14-15,19H,7-12H2,1-4H3. The highest BCUT2D eigenvalue weighted by Crippen LogP contribution is 2.64. The molecule has 2 aromatic heterocycles. The second-order valence-electron chi connectivity index (χ2n) is 10.6. The molecule has 34 heavy (non-hydrogen) atoms. The Morgan fingerprint density at radius 2 is 2.00 bits per heavy atom. The molecule has 9 heteroatoms. The van der Waals surface area contributed by atoms with Gasteiger partial charge in [0, 0.05) is 29.6 Å². The predicted molar refractivity (Wildman–Crippen MR) is 121 cm³/mol. The molecule has 1 atom stereocenters. The van der Waals surface area contributed by atoms with Gasteiger partial charge in [-0.1, -0.05) is 0 Å². The smallest absolute Gasteiger partial charge is 0.411 e. The molecule has 3 heterocycles. The van der Waals surface area contributed by atoms with E-state index in [1.54, 1.807) is 25.5 Å². The quantitative estimate of drug-likeness (QED) is 0.639. The number of nitrogens with zero attached hydrogens (tertiary/aromatic N) is 5. The molecule has 3 saturated carbocycles. The molecule has 178 valence electrons. The first-order valence-corrected chi connectivity index (χ1v) is 11.7. The molecule has 0 spiro atoms. The summed E-state index contributed by atoms with van der Waals surface area (Å²) in [5, 5.41) is 14.7. The summed E-state index contributed by atoms with van der Waals surface area (Å²) in [7, 11) is 1.31. The third-order valence-corrected chi connectivity index (χ3v) is 7.14. The van der Waals surface area contributed by atoms with Gasteiger partial charge >= 0.3 is 12.1 Å². The van der Waals surface area contributed by atoms with Crippen LogP contribution in [0.3, 0.4) is 0 Å². The third-order valence-electron chi connectivity index (χ3n) is 7.14. The van der Waals surface area contributed by atoms with Gasteiger partial charge in [-0.15, -0.1) is 0 Å². The minimum Gasteiger partial charge on any atom is -0.469 e. The number of amides is 1. The summed E-state index contributed by atoms with van der Waals surface area (Å²) in [5.41, 5.74) is 3.25. The zero-order valence-corrected chi connectivity index (χ0v) is 20.0. The summed E-state index contributed by atoms with van der Waals surface area (Å²) >= 11 is 0. The first kappa shape index (κ1) is 22.4. The van der Waals surface area contributed by atoms with E-state index in [-0.39, 0.29) is 11.8 Å². The fourth-order valence-electron chi connectivity index (χ4n) is 5.40. The molecule has 0 saturated heterocycles. The zero-order valence-electron chi connectivity index (χ0n) is 20.0. The van der Waals surface area contributed by atoms with Gasteiger partial charge in [0.2, 0.25) is 0 Å². The summed E-state index contributed by atoms with van der Waals surface area (Å²) in [5.74, 6) is 0.409. The normalized spacial score (nSPS) is 24.9. The van der Waals surface area contributed by atoms with Crippen molar-refractivity contribution in [3.05, 3.63) is 41.0 Å². The summed E-state index contributed by atoms with van der Waals surface area (Å²) in [6.45, 7) is 5.66. The molecule has 3 aliphatic carbocycles. The van der Waals surface area contributed by atoms with Crippen LogP contribution in [0.2, 0.25) is 0 Å². The van der Waals surface area contributed by atoms with E-state index in [0.29, 0.717) is 24.2 Å². The molecule has 0 radical (unpaired) electrons. The summed E-state index contributed by atoms with van der Waals surface area (Å²) in [6, 6.07) is 5.38. The van der Waals surface area contributed by atoms with Gasteiger partial charge in [0.05, 0.1) is 42.9 Å². The van der Waals surface area contributed by atoms with E-state index in [9.17, 15) is 14.9 Å². The summed E-state index contributed by atoms with van der Waals surface area (Å²) in [6.07, 6.45) is 5.30. The highest BCUT2D eigenvalue weighted by atomic mass is 16.6. The largest absolute Gasteiger partial charge is 0.469 e. The molecule has 0 N–H and O–H groups in total. The fraction of sp³-hybridized carbons (Fsp3) is 0.560. The Morgan fingerprint density at radius 1 is 1.26 bits per heavy atom. The topological polar surface area (TPSA) is 110 Å². The van der Waals surface area contributed by atoms with E-state index in [1.807, 2.05) is 12.3 Å². The van der Waals surface area contributed by atoms with E-state index in [2.05, 4.69) is 12.1 Å². The predicted octanol–water partition coefficient (Wildman–Crippen LogP) is 3.39. The Balaban J connectivity index is 1.52. The van der Waals surface area contributed by atoms with Crippen molar-refractivity contribution in [2.75, 3.05) is 13.7 Å². The maximum atomic E-state index is 12.9. The van der Waals surface area contributed by atoms with Crippen LogP contribution in [0.1, 0.15) is 68.7 Å². The van der Waals surface area contributed by atoms with Gasteiger partial charge in [0.25, 0.3) is 0 Å². The Hall–Kier alpha value is -3.41. The number of aromatic nitrogens is 3. The minimum atomic E-state index is -0.917. The maximum Gasteiger partial charge on any atom is 0.411 e. The van der Waals surface area contributed by atoms with Crippen molar-refractivity contribution >= 4 is 12.1 Å². The lowest BCUT2D eigenvalue weighted by Crippen LogP contribution is -2.55. The van der Waals surface area contributed by atoms with Crippen LogP contribution in [-0.2, 0) is 32.5 Å². The number of hydrogen-bond acceptors (Lipinski definition) is 7. The number of nitriles is 1. The number of hydrogen-bond donors (Lipinski definition) is 0.